The highest BCUT2D eigenvalue weighted by molar-refractivity contribution is 5.78. The molecule has 0 aliphatic heterocycles. The molecule has 51 heavy (non-hydrogen) atoms. The summed E-state index contributed by atoms with van der Waals surface area (Å²) in [4.78, 5) is 25.5. The topological polar surface area (TPSA) is 169 Å². The molecule has 0 radical (unpaired) electrons. The lowest BCUT2D eigenvalue weighted by atomic mass is 10.1. The molecule has 0 unspecified atom stereocenters. The van der Waals surface area contributed by atoms with E-state index < -0.39 is 6.43 Å². The minimum atomic E-state index is -2.67. The smallest absolute Gasteiger partial charge is 0.280 e. The van der Waals surface area contributed by atoms with Gasteiger partial charge < -0.3 is 4.74 Å². The fourth-order valence-corrected chi connectivity index (χ4v) is 5.18. The van der Waals surface area contributed by atoms with Crippen molar-refractivity contribution >= 4 is 11.3 Å². The van der Waals surface area contributed by atoms with Crippen molar-refractivity contribution in [3.05, 3.63) is 127 Å². The van der Waals surface area contributed by atoms with Gasteiger partial charge in [0.15, 0.2) is 22.7 Å². The Morgan fingerprint density at radius 3 is 1.65 bits per heavy atom. The molecule has 246 valence electrons. The number of methoxy groups -OCH3 is 1. The molecule has 0 N–H and O–H groups in total. The van der Waals surface area contributed by atoms with Crippen LogP contribution in [0.1, 0.15) is 23.5 Å². The molecular formula is C36H22F2N12O. The van der Waals surface area contributed by atoms with Gasteiger partial charge in [-0.15, -0.1) is 0 Å². The van der Waals surface area contributed by atoms with Crippen LogP contribution in [0.4, 0.5) is 8.78 Å². The van der Waals surface area contributed by atoms with Gasteiger partial charge in [0.2, 0.25) is 5.88 Å². The Bertz CT molecular complexity index is 2620. The van der Waals surface area contributed by atoms with Crippen LogP contribution in [-0.4, -0.2) is 56.2 Å². The number of imidazole rings is 2. The van der Waals surface area contributed by atoms with E-state index in [1.807, 2.05) is 42.5 Å². The van der Waals surface area contributed by atoms with Crippen molar-refractivity contribution < 1.29 is 13.5 Å². The Balaban J connectivity index is 0.000000159. The van der Waals surface area contributed by atoms with E-state index in [0.717, 1.165) is 5.56 Å². The van der Waals surface area contributed by atoms with Gasteiger partial charge in [0.1, 0.15) is 17.8 Å². The molecule has 15 heteroatoms. The summed E-state index contributed by atoms with van der Waals surface area (Å²) < 4.78 is 34.1. The summed E-state index contributed by atoms with van der Waals surface area (Å²) in [5.41, 5.74) is 6.26. The van der Waals surface area contributed by atoms with E-state index in [1.54, 1.807) is 55.9 Å². The Kier molecular flexibility index (Phi) is 8.74. The van der Waals surface area contributed by atoms with Crippen molar-refractivity contribution in [2.75, 3.05) is 7.11 Å². The third-order valence-corrected chi connectivity index (χ3v) is 7.53. The normalized spacial score (nSPS) is 10.8. The number of hydrogen-bond acceptors (Lipinski definition) is 11. The number of ether oxygens (including phenoxy) is 1. The highest BCUT2D eigenvalue weighted by atomic mass is 19.3. The molecule has 0 fully saturated rings. The van der Waals surface area contributed by atoms with Crippen molar-refractivity contribution in [1.29, 1.82) is 10.5 Å². The number of rotatable bonds is 6. The number of alkyl halides is 2. The SMILES string of the molecule is COc1cccc(-c2ncccc2-c2ccc3ncc(C#N)n3n2)n1.N#Cc1cnc2ccc(-c3cccnc3-c3cccc(C(F)F)n3)nn12. The van der Waals surface area contributed by atoms with Crippen LogP contribution in [-0.2, 0) is 0 Å². The van der Waals surface area contributed by atoms with Crippen molar-refractivity contribution in [3.63, 3.8) is 0 Å². The van der Waals surface area contributed by atoms with E-state index in [2.05, 4.69) is 46.2 Å². The van der Waals surface area contributed by atoms with Crippen molar-refractivity contribution in [2.45, 2.75) is 6.43 Å². The highest BCUT2D eigenvalue weighted by Gasteiger charge is 2.16. The molecule has 8 aromatic rings. The van der Waals surface area contributed by atoms with Gasteiger partial charge in [0.05, 0.1) is 53.7 Å². The van der Waals surface area contributed by atoms with Crippen LogP contribution in [0, 0.1) is 22.7 Å². The summed E-state index contributed by atoms with van der Waals surface area (Å²) in [6.45, 7) is 0. The fourth-order valence-electron chi connectivity index (χ4n) is 5.18. The Morgan fingerprint density at radius 2 is 1.14 bits per heavy atom. The van der Waals surface area contributed by atoms with Gasteiger partial charge in [-0.1, -0.05) is 12.1 Å². The second-order valence-electron chi connectivity index (χ2n) is 10.6. The van der Waals surface area contributed by atoms with Crippen molar-refractivity contribution in [1.82, 2.24) is 49.1 Å². The quantitative estimate of drug-likeness (QED) is 0.191. The van der Waals surface area contributed by atoms with Crippen LogP contribution in [0.25, 0.3) is 56.6 Å². The number of nitrogens with zero attached hydrogens (tertiary/aromatic N) is 12. The monoisotopic (exact) mass is 676 g/mol. The minimum Gasteiger partial charge on any atom is -0.481 e. The molecule has 8 heterocycles. The molecule has 0 saturated heterocycles. The lowest BCUT2D eigenvalue weighted by Gasteiger charge is -2.09. The van der Waals surface area contributed by atoms with Gasteiger partial charge in [-0.05, 0) is 66.7 Å². The summed E-state index contributed by atoms with van der Waals surface area (Å²) >= 11 is 0. The number of halogens is 2. The van der Waals surface area contributed by atoms with Crippen molar-refractivity contribution in [2.24, 2.45) is 0 Å². The number of fused-ring (bicyclic) bond motifs is 2. The Hall–Kier alpha value is -7.52. The first-order valence-corrected chi connectivity index (χ1v) is 15.1. The molecule has 13 nitrogen and oxygen atoms in total. The van der Waals surface area contributed by atoms with Crippen molar-refractivity contribution in [3.8, 4) is 63.3 Å². The fraction of sp³-hybridized carbons (Fsp3) is 0.0556. The molecule has 8 rings (SSSR count). The summed E-state index contributed by atoms with van der Waals surface area (Å²) in [6, 6.07) is 28.4. The molecule has 0 spiro atoms. The molecule has 0 aliphatic rings. The van der Waals surface area contributed by atoms with E-state index >= 15 is 0 Å². The maximum atomic E-state index is 13.0. The zero-order chi connectivity index (χ0) is 35.3. The summed E-state index contributed by atoms with van der Waals surface area (Å²) in [6.07, 6.45) is 3.53. The predicted octanol–water partition coefficient (Wildman–Crippen LogP) is 6.40. The lowest BCUT2D eigenvalue weighted by molar-refractivity contribution is 0.146. The van der Waals surface area contributed by atoms with Crippen LogP contribution >= 0.6 is 0 Å². The lowest BCUT2D eigenvalue weighted by Crippen LogP contribution is -2.00. The van der Waals surface area contributed by atoms with E-state index in [0.29, 0.717) is 68.3 Å². The molecule has 8 aromatic heterocycles. The highest BCUT2D eigenvalue weighted by Crippen LogP contribution is 2.30. The number of nitriles is 2. The molecule has 0 amide bonds. The minimum absolute atomic E-state index is 0.296. The average Bonchev–Trinajstić information content (AvgIpc) is 3.81. The Morgan fingerprint density at radius 1 is 0.608 bits per heavy atom. The van der Waals surface area contributed by atoms with E-state index in [9.17, 15) is 14.0 Å². The van der Waals surface area contributed by atoms with Gasteiger partial charge in [0, 0.05) is 29.6 Å². The van der Waals surface area contributed by atoms with Crippen LogP contribution in [0.3, 0.4) is 0 Å². The summed E-state index contributed by atoms with van der Waals surface area (Å²) in [5.74, 6) is 0.513. The van der Waals surface area contributed by atoms with Crippen LogP contribution in [0.15, 0.2) is 110 Å². The Labute approximate surface area is 287 Å². The van der Waals surface area contributed by atoms with Crippen LogP contribution < -0.4 is 4.74 Å². The largest absolute Gasteiger partial charge is 0.481 e. The first kappa shape index (κ1) is 32.0. The second kappa shape index (κ2) is 13.9. The average molecular weight is 677 g/mol. The van der Waals surface area contributed by atoms with Crippen LogP contribution in [0.5, 0.6) is 5.88 Å². The maximum absolute atomic E-state index is 13.0. The van der Waals surface area contributed by atoms with Gasteiger partial charge in [-0.2, -0.15) is 20.7 Å². The third kappa shape index (κ3) is 6.38. The predicted molar refractivity (Wildman–Crippen MR) is 180 cm³/mol. The first-order chi connectivity index (χ1) is 25.0. The van der Waals surface area contributed by atoms with Gasteiger partial charge in [-0.3, -0.25) is 9.97 Å². The van der Waals surface area contributed by atoms with Gasteiger partial charge in [0.25, 0.3) is 6.43 Å². The van der Waals surface area contributed by atoms with E-state index in [4.69, 9.17) is 10.00 Å². The number of aromatic nitrogens is 10. The summed E-state index contributed by atoms with van der Waals surface area (Å²) in [5, 5.41) is 27.3. The number of hydrogen-bond donors (Lipinski definition) is 0. The second-order valence-corrected chi connectivity index (χ2v) is 10.6. The molecule has 0 aliphatic carbocycles. The molecule has 0 atom stereocenters. The molecule has 0 bridgehead atoms. The maximum Gasteiger partial charge on any atom is 0.280 e. The third-order valence-electron chi connectivity index (χ3n) is 7.53. The zero-order valence-electron chi connectivity index (χ0n) is 26.5. The van der Waals surface area contributed by atoms with Gasteiger partial charge >= 0.3 is 0 Å². The molecule has 0 saturated carbocycles. The first-order valence-electron chi connectivity index (χ1n) is 15.1. The van der Waals surface area contributed by atoms with E-state index in [1.165, 1.54) is 33.6 Å². The number of pyridine rings is 4. The molecule has 0 aromatic carbocycles. The summed E-state index contributed by atoms with van der Waals surface area (Å²) in [7, 11) is 1.57. The van der Waals surface area contributed by atoms with E-state index in [-0.39, 0.29) is 5.69 Å². The zero-order valence-corrected chi connectivity index (χ0v) is 26.5. The molecular weight excluding hydrogens is 654 g/mol. The van der Waals surface area contributed by atoms with Crippen LogP contribution in [0.2, 0.25) is 0 Å². The standard InChI is InChI=1S/C18H10F2N6.C18H12N6O/c19-18(20)15-5-1-4-14(24-15)17-12(3-2-8-22-17)13-6-7-16-23-10-11(9-21)26(16)25-13;1-25-17-6-2-5-15(22-17)18-13(4-3-9-20-18)14-7-8-16-21-11-12(10-19)24(16)23-14/h1-8,10,18H;2-9,11H,1H3. The van der Waals surface area contributed by atoms with Gasteiger partial charge in [-0.25, -0.2) is 37.7 Å².